The highest BCUT2D eigenvalue weighted by molar-refractivity contribution is 5.95. The van der Waals surface area contributed by atoms with Crippen molar-refractivity contribution < 1.29 is 19.0 Å². The van der Waals surface area contributed by atoms with Crippen LogP contribution in [0.5, 0.6) is 17.2 Å². The first-order valence-corrected chi connectivity index (χ1v) is 8.54. The molecule has 5 nitrogen and oxygen atoms in total. The molecule has 5 heteroatoms. The number of anilines is 1. The van der Waals surface area contributed by atoms with Crippen molar-refractivity contribution in [2.24, 2.45) is 0 Å². The summed E-state index contributed by atoms with van der Waals surface area (Å²) in [6.45, 7) is 8.12. The van der Waals surface area contributed by atoms with Crippen LogP contribution in [0.25, 0.3) is 0 Å². The van der Waals surface area contributed by atoms with Crippen molar-refractivity contribution in [1.29, 1.82) is 0 Å². The molecule has 1 amide bonds. The molecule has 0 radical (unpaired) electrons. The molecule has 2 aromatic carbocycles. The van der Waals surface area contributed by atoms with Gasteiger partial charge < -0.3 is 19.5 Å². The number of hydrogen-bond donors (Lipinski definition) is 1. The molecule has 1 N–H and O–H groups in total. The smallest absolute Gasteiger partial charge is 0.265 e. The quantitative estimate of drug-likeness (QED) is 0.832. The van der Waals surface area contributed by atoms with Crippen LogP contribution >= 0.6 is 0 Å². The number of rotatable bonds is 6. The average molecular weight is 357 g/mol. The molecule has 140 valence electrons. The van der Waals surface area contributed by atoms with Crippen molar-refractivity contribution in [2.45, 2.75) is 39.2 Å². The molecular weight excluding hydrogens is 330 g/mol. The second-order valence-corrected chi connectivity index (χ2v) is 7.09. The first-order chi connectivity index (χ1) is 12.2. The number of carbonyl (C=O) groups excluding carboxylic acids is 1. The Bertz CT molecular complexity index is 765. The minimum absolute atomic E-state index is 0.0127. The molecule has 0 spiro atoms. The fraction of sp³-hybridized carbons (Fsp3) is 0.381. The Morgan fingerprint density at radius 1 is 1.00 bits per heavy atom. The van der Waals surface area contributed by atoms with E-state index in [-0.39, 0.29) is 11.3 Å². The van der Waals surface area contributed by atoms with Crippen LogP contribution in [0, 0.1) is 0 Å². The summed E-state index contributed by atoms with van der Waals surface area (Å²) in [5, 5.41) is 2.83. The van der Waals surface area contributed by atoms with E-state index in [1.54, 1.807) is 39.3 Å². The van der Waals surface area contributed by atoms with Crippen molar-refractivity contribution in [1.82, 2.24) is 0 Å². The van der Waals surface area contributed by atoms with E-state index in [4.69, 9.17) is 14.2 Å². The highest BCUT2D eigenvalue weighted by atomic mass is 16.5. The molecule has 2 aromatic rings. The molecule has 0 saturated heterocycles. The summed E-state index contributed by atoms with van der Waals surface area (Å²) in [6.07, 6.45) is -0.666. The normalized spacial score (nSPS) is 12.2. The minimum Gasteiger partial charge on any atom is -0.497 e. The second kappa shape index (κ2) is 8.13. The Balaban J connectivity index is 2.11. The molecule has 1 atom stereocenters. The zero-order valence-electron chi connectivity index (χ0n) is 16.3. The molecule has 2 rings (SSSR count). The second-order valence-electron chi connectivity index (χ2n) is 7.09. The van der Waals surface area contributed by atoms with Crippen molar-refractivity contribution in [3.8, 4) is 17.2 Å². The predicted octanol–water partition coefficient (Wildman–Crippen LogP) is 4.41. The zero-order chi connectivity index (χ0) is 19.3. The Morgan fingerprint density at radius 2 is 1.73 bits per heavy atom. The summed E-state index contributed by atoms with van der Waals surface area (Å²) in [4.78, 5) is 12.5. The van der Waals surface area contributed by atoms with Gasteiger partial charge in [-0.1, -0.05) is 32.9 Å². The number of ether oxygens (including phenoxy) is 3. The molecule has 0 aliphatic carbocycles. The summed E-state index contributed by atoms with van der Waals surface area (Å²) in [5.41, 5.74) is 1.70. The van der Waals surface area contributed by atoms with Crippen LogP contribution in [0.1, 0.15) is 33.3 Å². The Labute approximate surface area is 155 Å². The molecule has 0 aliphatic heterocycles. The monoisotopic (exact) mass is 357 g/mol. The van der Waals surface area contributed by atoms with Crippen LogP contribution in [0.2, 0.25) is 0 Å². The van der Waals surface area contributed by atoms with E-state index in [9.17, 15) is 4.79 Å². The fourth-order valence-electron chi connectivity index (χ4n) is 2.44. The van der Waals surface area contributed by atoms with E-state index in [0.29, 0.717) is 22.9 Å². The van der Waals surface area contributed by atoms with Crippen molar-refractivity contribution in [2.75, 3.05) is 19.5 Å². The van der Waals surface area contributed by atoms with Gasteiger partial charge in [0, 0.05) is 6.07 Å². The average Bonchev–Trinajstić information content (AvgIpc) is 2.61. The van der Waals surface area contributed by atoms with E-state index in [1.165, 1.54) is 0 Å². The van der Waals surface area contributed by atoms with Gasteiger partial charge in [-0.25, -0.2) is 0 Å². The van der Waals surface area contributed by atoms with Crippen LogP contribution in [0.4, 0.5) is 5.69 Å². The number of hydrogen-bond acceptors (Lipinski definition) is 4. The van der Waals surface area contributed by atoms with Gasteiger partial charge in [-0.05, 0) is 42.2 Å². The number of amides is 1. The fourth-order valence-corrected chi connectivity index (χ4v) is 2.44. The summed E-state index contributed by atoms with van der Waals surface area (Å²) in [7, 11) is 3.12. The first kappa shape index (κ1) is 19.6. The zero-order valence-corrected chi connectivity index (χ0v) is 16.3. The first-order valence-electron chi connectivity index (χ1n) is 8.54. The third kappa shape index (κ3) is 4.91. The molecule has 0 fully saturated rings. The maximum atomic E-state index is 12.5. The number of benzene rings is 2. The van der Waals surface area contributed by atoms with Gasteiger partial charge in [0.1, 0.15) is 17.2 Å². The third-order valence-electron chi connectivity index (χ3n) is 4.05. The lowest BCUT2D eigenvalue weighted by Crippen LogP contribution is -2.30. The van der Waals surface area contributed by atoms with Crippen LogP contribution in [-0.2, 0) is 10.2 Å². The van der Waals surface area contributed by atoms with Gasteiger partial charge in [0.25, 0.3) is 5.91 Å². The van der Waals surface area contributed by atoms with E-state index in [1.807, 2.05) is 18.2 Å². The van der Waals surface area contributed by atoms with Gasteiger partial charge in [0.05, 0.1) is 19.9 Å². The molecule has 1 unspecified atom stereocenters. The van der Waals surface area contributed by atoms with Gasteiger partial charge in [-0.2, -0.15) is 0 Å². The van der Waals surface area contributed by atoms with Gasteiger partial charge in [0.2, 0.25) is 0 Å². The lowest BCUT2D eigenvalue weighted by molar-refractivity contribution is -0.122. The predicted molar refractivity (Wildman–Crippen MR) is 103 cm³/mol. The summed E-state index contributed by atoms with van der Waals surface area (Å²) < 4.78 is 16.3. The Kier molecular flexibility index (Phi) is 6.14. The van der Waals surface area contributed by atoms with Crippen LogP contribution in [0.3, 0.4) is 0 Å². The van der Waals surface area contributed by atoms with Crippen LogP contribution in [0.15, 0.2) is 42.5 Å². The van der Waals surface area contributed by atoms with Gasteiger partial charge >= 0.3 is 0 Å². The topological polar surface area (TPSA) is 56.8 Å². The van der Waals surface area contributed by atoms with Gasteiger partial charge in [-0.3, -0.25) is 4.79 Å². The van der Waals surface area contributed by atoms with E-state index >= 15 is 0 Å². The van der Waals surface area contributed by atoms with E-state index in [0.717, 1.165) is 5.56 Å². The summed E-state index contributed by atoms with van der Waals surface area (Å²) in [5.74, 6) is 1.59. The van der Waals surface area contributed by atoms with Gasteiger partial charge in [0.15, 0.2) is 6.10 Å². The molecule has 0 saturated carbocycles. The number of methoxy groups -OCH3 is 2. The lowest BCUT2D eigenvalue weighted by atomic mass is 9.87. The highest BCUT2D eigenvalue weighted by Crippen LogP contribution is 2.29. The number of carbonyl (C=O) groups is 1. The molecule has 0 aliphatic rings. The highest BCUT2D eigenvalue weighted by Gasteiger charge is 2.19. The van der Waals surface area contributed by atoms with E-state index in [2.05, 4.69) is 32.2 Å². The molecule has 26 heavy (non-hydrogen) atoms. The Hall–Kier alpha value is -2.69. The maximum absolute atomic E-state index is 12.5. The van der Waals surface area contributed by atoms with Crippen molar-refractivity contribution in [3.63, 3.8) is 0 Å². The summed E-state index contributed by atoms with van der Waals surface area (Å²) in [6, 6.07) is 13.0. The number of nitrogens with one attached hydrogen (secondary N) is 1. The third-order valence-corrected chi connectivity index (χ3v) is 4.05. The largest absolute Gasteiger partial charge is 0.497 e. The van der Waals surface area contributed by atoms with Crippen LogP contribution in [-0.4, -0.2) is 26.2 Å². The van der Waals surface area contributed by atoms with Gasteiger partial charge in [-0.15, -0.1) is 0 Å². The van der Waals surface area contributed by atoms with Crippen LogP contribution < -0.4 is 19.5 Å². The lowest BCUT2D eigenvalue weighted by Gasteiger charge is -2.21. The van der Waals surface area contributed by atoms with Crippen molar-refractivity contribution in [3.05, 3.63) is 48.0 Å². The minimum atomic E-state index is -0.666. The van der Waals surface area contributed by atoms with E-state index < -0.39 is 6.10 Å². The molecule has 0 heterocycles. The van der Waals surface area contributed by atoms with Crippen molar-refractivity contribution >= 4 is 11.6 Å². The standard InChI is InChI=1S/C21H27NO4/c1-14(26-17-9-7-8-15(12-17)21(2,3)4)20(23)22-18-13-16(24-5)10-11-19(18)25-6/h7-14H,1-6H3,(H,22,23). The molecule has 0 bridgehead atoms. The Morgan fingerprint density at radius 3 is 2.35 bits per heavy atom. The summed E-state index contributed by atoms with van der Waals surface area (Å²) >= 11 is 0. The molecular formula is C21H27NO4. The SMILES string of the molecule is COc1ccc(OC)c(NC(=O)C(C)Oc2cccc(C(C)(C)C)c2)c1. The maximum Gasteiger partial charge on any atom is 0.265 e. The molecule has 0 aromatic heterocycles.